The molecule has 4 aromatic rings. The van der Waals surface area contributed by atoms with Gasteiger partial charge in [-0.25, -0.2) is 13.4 Å². The van der Waals surface area contributed by atoms with E-state index < -0.39 is 15.6 Å². The third kappa shape index (κ3) is 4.12. The van der Waals surface area contributed by atoms with Crippen molar-refractivity contribution in [2.75, 3.05) is 11.4 Å². The number of imidazole rings is 1. The van der Waals surface area contributed by atoms with E-state index in [0.717, 1.165) is 22.5 Å². The van der Waals surface area contributed by atoms with Crippen LogP contribution in [0.2, 0.25) is 0 Å². The van der Waals surface area contributed by atoms with Crippen LogP contribution < -0.4 is 4.90 Å². The van der Waals surface area contributed by atoms with Crippen molar-refractivity contribution in [3.8, 4) is 6.07 Å². The summed E-state index contributed by atoms with van der Waals surface area (Å²) in [5.41, 5.74) is 2.23. The lowest BCUT2D eigenvalue weighted by Crippen LogP contribution is -2.56. The average Bonchev–Trinajstić information content (AvgIpc) is 3.55. The molecule has 1 N–H and O–H groups in total. The molecule has 2 aromatic carbocycles. The molecule has 0 bridgehead atoms. The average molecular weight is 490 g/mol. The van der Waals surface area contributed by atoms with E-state index in [-0.39, 0.29) is 23.7 Å². The molecular formula is C25H23N5O2S2. The Labute approximate surface area is 203 Å². The first-order valence-electron chi connectivity index (χ1n) is 10.8. The minimum Gasteiger partial charge on any atom is -0.362 e. The number of benzene rings is 2. The van der Waals surface area contributed by atoms with Gasteiger partial charge in [-0.2, -0.15) is 9.57 Å². The smallest absolute Gasteiger partial charge is 0.254 e. The number of aromatic amines is 1. The van der Waals surface area contributed by atoms with Crippen molar-refractivity contribution >= 4 is 27.0 Å². The monoisotopic (exact) mass is 489 g/mol. The van der Waals surface area contributed by atoms with Crippen LogP contribution in [-0.2, 0) is 29.5 Å². The summed E-state index contributed by atoms with van der Waals surface area (Å²) in [7, 11) is -3.93. The van der Waals surface area contributed by atoms with Gasteiger partial charge in [0.1, 0.15) is 9.75 Å². The van der Waals surface area contributed by atoms with Gasteiger partial charge in [0.05, 0.1) is 31.2 Å². The standard InChI is InChI=1S/C25H23N5O2S2/c26-17-25(13-20-7-2-1-3-8-20)18-29(16-22-14-27-19-28-22)23-10-5-4-9-21(23)15-30(25)34(31,32)24-11-6-12-33-24/h1-12,14,19H,13,15-16,18H2,(H,27,28). The van der Waals surface area contributed by atoms with E-state index in [4.69, 9.17) is 0 Å². The summed E-state index contributed by atoms with van der Waals surface area (Å²) in [4.78, 5) is 9.34. The van der Waals surface area contributed by atoms with Crippen molar-refractivity contribution in [1.29, 1.82) is 5.26 Å². The van der Waals surface area contributed by atoms with E-state index in [2.05, 4.69) is 20.9 Å². The second-order valence-electron chi connectivity index (χ2n) is 8.31. The minimum absolute atomic E-state index is 0.107. The van der Waals surface area contributed by atoms with Crippen molar-refractivity contribution in [2.24, 2.45) is 0 Å². The zero-order valence-electron chi connectivity index (χ0n) is 18.3. The van der Waals surface area contributed by atoms with Gasteiger partial charge in [-0.3, -0.25) is 0 Å². The first-order chi connectivity index (χ1) is 16.5. The van der Waals surface area contributed by atoms with Gasteiger partial charge in [0, 0.05) is 24.8 Å². The molecule has 1 aliphatic heterocycles. The highest BCUT2D eigenvalue weighted by Crippen LogP contribution is 2.38. The molecule has 0 spiro atoms. The van der Waals surface area contributed by atoms with Crippen LogP contribution in [0.1, 0.15) is 16.8 Å². The Morgan fingerprint density at radius 1 is 1.09 bits per heavy atom. The van der Waals surface area contributed by atoms with Crippen molar-refractivity contribution in [3.63, 3.8) is 0 Å². The SMILES string of the molecule is N#CC1(Cc2ccccc2)CN(Cc2cnc[nH]2)c2ccccc2CN1S(=O)(=O)c1cccs1. The third-order valence-electron chi connectivity index (χ3n) is 6.08. The van der Waals surface area contributed by atoms with E-state index in [9.17, 15) is 13.7 Å². The number of thiophene rings is 1. The predicted molar refractivity (Wildman–Crippen MR) is 132 cm³/mol. The molecule has 2 aromatic heterocycles. The molecule has 1 unspecified atom stereocenters. The summed E-state index contributed by atoms with van der Waals surface area (Å²) in [6, 6.07) is 23.1. The third-order valence-corrected chi connectivity index (χ3v) is 9.36. The quantitative estimate of drug-likeness (QED) is 0.438. The number of hydrogen-bond acceptors (Lipinski definition) is 6. The number of rotatable bonds is 6. The number of para-hydroxylation sites is 1. The molecule has 3 heterocycles. The van der Waals surface area contributed by atoms with Crippen LogP contribution >= 0.6 is 11.3 Å². The summed E-state index contributed by atoms with van der Waals surface area (Å²) in [5.74, 6) is 0. The fraction of sp³-hybridized carbons (Fsp3) is 0.200. The zero-order chi connectivity index (χ0) is 23.6. The van der Waals surface area contributed by atoms with E-state index in [1.54, 1.807) is 30.0 Å². The fourth-order valence-corrected chi connectivity index (χ4v) is 7.27. The topological polar surface area (TPSA) is 93.1 Å². The van der Waals surface area contributed by atoms with Gasteiger partial charge in [-0.05, 0) is 28.6 Å². The number of aromatic nitrogens is 2. The van der Waals surface area contributed by atoms with Gasteiger partial charge < -0.3 is 9.88 Å². The van der Waals surface area contributed by atoms with Gasteiger partial charge in [-0.15, -0.1) is 11.3 Å². The molecule has 0 saturated carbocycles. The lowest BCUT2D eigenvalue weighted by atomic mass is 9.91. The number of H-pyrrole nitrogens is 1. The number of nitrogens with one attached hydrogen (secondary N) is 1. The first-order valence-corrected chi connectivity index (χ1v) is 13.2. The summed E-state index contributed by atoms with van der Waals surface area (Å²) in [6.07, 6.45) is 3.63. The van der Waals surface area contributed by atoms with E-state index >= 15 is 0 Å². The molecule has 9 heteroatoms. The number of sulfonamides is 1. The van der Waals surface area contributed by atoms with Gasteiger partial charge in [0.15, 0.2) is 0 Å². The number of fused-ring (bicyclic) bond motifs is 1. The summed E-state index contributed by atoms with van der Waals surface area (Å²) in [6.45, 7) is 0.789. The molecule has 7 nitrogen and oxygen atoms in total. The Hall–Kier alpha value is -3.45. The highest BCUT2D eigenvalue weighted by molar-refractivity contribution is 7.91. The Kier molecular flexibility index (Phi) is 5.96. The largest absolute Gasteiger partial charge is 0.362 e. The maximum absolute atomic E-state index is 13.9. The molecule has 0 fully saturated rings. The Balaban J connectivity index is 1.68. The van der Waals surface area contributed by atoms with Crippen LogP contribution in [0.15, 0.2) is 88.8 Å². The number of hydrogen-bond donors (Lipinski definition) is 1. The Morgan fingerprint density at radius 2 is 1.88 bits per heavy atom. The van der Waals surface area contributed by atoms with Crippen molar-refractivity contribution in [1.82, 2.24) is 14.3 Å². The molecule has 5 rings (SSSR count). The number of nitrogens with zero attached hydrogens (tertiary/aromatic N) is 4. The normalized spacial score (nSPS) is 18.7. The second kappa shape index (κ2) is 9.06. The van der Waals surface area contributed by atoms with Crippen LogP contribution in [0, 0.1) is 11.3 Å². The first kappa shape index (κ1) is 22.3. The van der Waals surface area contributed by atoms with Crippen LogP contribution in [0.5, 0.6) is 0 Å². The van der Waals surface area contributed by atoms with Crippen molar-refractivity contribution in [2.45, 2.75) is 29.3 Å². The van der Waals surface area contributed by atoms with Crippen LogP contribution in [-0.4, -0.2) is 34.8 Å². The zero-order valence-corrected chi connectivity index (χ0v) is 20.0. The van der Waals surface area contributed by atoms with Gasteiger partial charge in [0.2, 0.25) is 0 Å². The lowest BCUT2D eigenvalue weighted by molar-refractivity contribution is 0.248. The molecule has 0 aliphatic carbocycles. The minimum atomic E-state index is -3.93. The van der Waals surface area contributed by atoms with Gasteiger partial charge in [-0.1, -0.05) is 54.6 Å². The summed E-state index contributed by atoms with van der Waals surface area (Å²) < 4.78 is 29.5. The molecule has 0 amide bonds. The molecule has 172 valence electrons. The lowest BCUT2D eigenvalue weighted by Gasteiger charge is -2.38. The van der Waals surface area contributed by atoms with Crippen molar-refractivity contribution < 1.29 is 8.42 Å². The predicted octanol–water partition coefficient (Wildman–Crippen LogP) is 4.19. The number of nitriles is 1. The van der Waals surface area contributed by atoms with Gasteiger partial charge >= 0.3 is 0 Å². The Bertz CT molecular complexity index is 1400. The second-order valence-corrected chi connectivity index (χ2v) is 11.3. The maximum Gasteiger partial charge on any atom is 0.254 e. The highest BCUT2D eigenvalue weighted by Gasteiger charge is 2.48. The van der Waals surface area contributed by atoms with Crippen molar-refractivity contribution in [3.05, 3.63) is 101 Å². The number of anilines is 1. The molecule has 34 heavy (non-hydrogen) atoms. The van der Waals surface area contributed by atoms with E-state index in [0.29, 0.717) is 6.54 Å². The van der Waals surface area contributed by atoms with Crippen LogP contribution in [0.3, 0.4) is 0 Å². The van der Waals surface area contributed by atoms with Crippen LogP contribution in [0.25, 0.3) is 0 Å². The molecule has 0 saturated heterocycles. The van der Waals surface area contributed by atoms with Crippen LogP contribution in [0.4, 0.5) is 5.69 Å². The summed E-state index contributed by atoms with van der Waals surface area (Å²) >= 11 is 1.17. The maximum atomic E-state index is 13.9. The Morgan fingerprint density at radius 3 is 2.59 bits per heavy atom. The molecular weight excluding hydrogens is 466 g/mol. The molecule has 1 atom stereocenters. The highest BCUT2D eigenvalue weighted by atomic mass is 32.2. The van der Waals surface area contributed by atoms with E-state index in [1.165, 1.54) is 15.6 Å². The fourth-order valence-electron chi connectivity index (χ4n) is 4.50. The van der Waals surface area contributed by atoms with Gasteiger partial charge in [0.25, 0.3) is 10.0 Å². The molecule has 1 aliphatic rings. The summed E-state index contributed by atoms with van der Waals surface area (Å²) in [5, 5.41) is 12.4. The van der Waals surface area contributed by atoms with E-state index in [1.807, 2.05) is 54.6 Å². The molecule has 0 radical (unpaired) electrons.